The zero-order chi connectivity index (χ0) is 17.4. The van der Waals surface area contributed by atoms with Gasteiger partial charge in [0.05, 0.1) is 11.8 Å². The molecule has 1 fully saturated rings. The molecular formula is C20H34N2O2. The van der Waals surface area contributed by atoms with E-state index in [-0.39, 0.29) is 23.7 Å². The fourth-order valence-corrected chi connectivity index (χ4v) is 3.80. The molecule has 2 aliphatic rings. The molecule has 0 spiro atoms. The first-order valence-electron chi connectivity index (χ1n) is 9.91. The van der Waals surface area contributed by atoms with Crippen LogP contribution >= 0.6 is 0 Å². The van der Waals surface area contributed by atoms with Crippen LogP contribution in [0.25, 0.3) is 0 Å². The van der Waals surface area contributed by atoms with Gasteiger partial charge in [-0.2, -0.15) is 0 Å². The van der Waals surface area contributed by atoms with Gasteiger partial charge in [-0.3, -0.25) is 9.59 Å². The van der Waals surface area contributed by atoms with Gasteiger partial charge in [-0.25, -0.2) is 0 Å². The van der Waals surface area contributed by atoms with E-state index in [0.29, 0.717) is 0 Å². The number of amides is 2. The topological polar surface area (TPSA) is 40.6 Å². The summed E-state index contributed by atoms with van der Waals surface area (Å²) in [6.07, 6.45) is 12.1. The monoisotopic (exact) mass is 334 g/mol. The van der Waals surface area contributed by atoms with Gasteiger partial charge in [0.1, 0.15) is 0 Å². The zero-order valence-electron chi connectivity index (χ0n) is 15.5. The average Bonchev–Trinajstić information content (AvgIpc) is 3.15. The van der Waals surface area contributed by atoms with Crippen molar-refractivity contribution in [3.63, 3.8) is 0 Å². The summed E-state index contributed by atoms with van der Waals surface area (Å²) < 4.78 is 0. The van der Waals surface area contributed by atoms with Crippen molar-refractivity contribution in [3.8, 4) is 0 Å². The molecule has 1 saturated heterocycles. The molecule has 0 aromatic rings. The van der Waals surface area contributed by atoms with Crippen molar-refractivity contribution in [1.82, 2.24) is 9.80 Å². The number of carbonyl (C=O) groups is 2. The molecule has 2 amide bonds. The Hall–Kier alpha value is -1.32. The predicted octanol–water partition coefficient (Wildman–Crippen LogP) is 3.62. The molecule has 0 N–H and O–H groups in total. The van der Waals surface area contributed by atoms with Crippen molar-refractivity contribution in [2.24, 2.45) is 11.8 Å². The molecule has 0 aromatic heterocycles. The first kappa shape index (κ1) is 19.0. The molecule has 0 radical (unpaired) electrons. The SMILES string of the molecule is CCCCN(CCCC)C(=O)C1CC=CCC1C(=O)N1CCCC1. The molecule has 1 aliphatic carbocycles. The Kier molecular flexibility index (Phi) is 7.80. The number of unbranched alkanes of at least 4 members (excludes halogenated alkanes) is 2. The molecule has 1 heterocycles. The highest BCUT2D eigenvalue weighted by Gasteiger charge is 2.38. The Labute approximate surface area is 147 Å². The van der Waals surface area contributed by atoms with Crippen molar-refractivity contribution in [1.29, 1.82) is 0 Å². The minimum absolute atomic E-state index is 0.147. The van der Waals surface area contributed by atoms with E-state index < -0.39 is 0 Å². The minimum atomic E-state index is -0.156. The van der Waals surface area contributed by atoms with Crippen molar-refractivity contribution in [3.05, 3.63) is 12.2 Å². The van der Waals surface area contributed by atoms with E-state index in [1.165, 1.54) is 0 Å². The lowest BCUT2D eigenvalue weighted by atomic mass is 9.81. The number of rotatable bonds is 8. The Bertz CT molecular complexity index is 433. The van der Waals surface area contributed by atoms with Gasteiger partial charge >= 0.3 is 0 Å². The molecule has 0 saturated carbocycles. The number of hydrogen-bond donors (Lipinski definition) is 0. The van der Waals surface area contributed by atoms with Crippen LogP contribution in [0.2, 0.25) is 0 Å². The maximum absolute atomic E-state index is 13.2. The Morgan fingerprint density at radius 3 is 2.04 bits per heavy atom. The fraction of sp³-hybridized carbons (Fsp3) is 0.800. The van der Waals surface area contributed by atoms with Crippen LogP contribution in [-0.4, -0.2) is 47.8 Å². The zero-order valence-corrected chi connectivity index (χ0v) is 15.5. The lowest BCUT2D eigenvalue weighted by Crippen LogP contribution is -2.46. The summed E-state index contributed by atoms with van der Waals surface area (Å²) in [7, 11) is 0. The van der Waals surface area contributed by atoms with E-state index in [1.54, 1.807) is 0 Å². The van der Waals surface area contributed by atoms with Crippen molar-refractivity contribution < 1.29 is 9.59 Å². The molecule has 2 unspecified atom stereocenters. The highest BCUT2D eigenvalue weighted by Crippen LogP contribution is 2.30. The third-order valence-corrected chi connectivity index (χ3v) is 5.36. The smallest absolute Gasteiger partial charge is 0.226 e. The van der Waals surface area contributed by atoms with Crippen LogP contribution in [0.3, 0.4) is 0 Å². The molecule has 2 rings (SSSR count). The quantitative estimate of drug-likeness (QED) is 0.636. The van der Waals surface area contributed by atoms with Crippen LogP contribution in [0.5, 0.6) is 0 Å². The number of nitrogens with zero attached hydrogens (tertiary/aromatic N) is 2. The molecule has 0 aromatic carbocycles. The maximum Gasteiger partial charge on any atom is 0.226 e. The van der Waals surface area contributed by atoms with Crippen LogP contribution < -0.4 is 0 Å². The van der Waals surface area contributed by atoms with Gasteiger partial charge in [0.15, 0.2) is 0 Å². The van der Waals surface area contributed by atoms with Crippen LogP contribution in [0, 0.1) is 11.8 Å². The average molecular weight is 335 g/mol. The Morgan fingerprint density at radius 2 is 1.50 bits per heavy atom. The van der Waals surface area contributed by atoms with E-state index in [4.69, 9.17) is 0 Å². The lowest BCUT2D eigenvalue weighted by Gasteiger charge is -2.34. The van der Waals surface area contributed by atoms with Gasteiger partial charge in [0, 0.05) is 26.2 Å². The van der Waals surface area contributed by atoms with Gasteiger partial charge < -0.3 is 9.80 Å². The van der Waals surface area contributed by atoms with Crippen molar-refractivity contribution in [2.45, 2.75) is 65.2 Å². The summed E-state index contributed by atoms with van der Waals surface area (Å²) in [6, 6.07) is 0. The Morgan fingerprint density at radius 1 is 0.958 bits per heavy atom. The van der Waals surface area contributed by atoms with E-state index in [1.807, 2.05) is 9.80 Å². The molecule has 0 bridgehead atoms. The lowest BCUT2D eigenvalue weighted by molar-refractivity contribution is -0.146. The summed E-state index contributed by atoms with van der Waals surface area (Å²) in [5, 5.41) is 0. The number of allylic oxidation sites excluding steroid dienone is 2. The molecule has 1 aliphatic heterocycles. The molecule has 4 heteroatoms. The molecule has 136 valence electrons. The third-order valence-electron chi connectivity index (χ3n) is 5.36. The van der Waals surface area contributed by atoms with Crippen LogP contribution in [0.4, 0.5) is 0 Å². The van der Waals surface area contributed by atoms with Crippen LogP contribution in [0.15, 0.2) is 12.2 Å². The first-order chi connectivity index (χ1) is 11.7. The third kappa shape index (κ3) is 4.84. The highest BCUT2D eigenvalue weighted by atomic mass is 16.2. The van der Waals surface area contributed by atoms with E-state index >= 15 is 0 Å². The summed E-state index contributed by atoms with van der Waals surface area (Å²) in [4.78, 5) is 30.1. The molecule has 2 atom stereocenters. The minimum Gasteiger partial charge on any atom is -0.342 e. The molecular weight excluding hydrogens is 300 g/mol. The van der Waals surface area contributed by atoms with Gasteiger partial charge in [0.2, 0.25) is 11.8 Å². The van der Waals surface area contributed by atoms with Crippen molar-refractivity contribution >= 4 is 11.8 Å². The van der Waals surface area contributed by atoms with Gasteiger partial charge in [-0.1, -0.05) is 38.8 Å². The Balaban J connectivity index is 2.07. The fourth-order valence-electron chi connectivity index (χ4n) is 3.80. The molecule has 4 nitrogen and oxygen atoms in total. The largest absolute Gasteiger partial charge is 0.342 e. The summed E-state index contributed by atoms with van der Waals surface area (Å²) in [5.41, 5.74) is 0. The number of likely N-dealkylation sites (tertiary alicyclic amines) is 1. The van der Waals surface area contributed by atoms with Crippen molar-refractivity contribution in [2.75, 3.05) is 26.2 Å². The summed E-state index contributed by atoms with van der Waals surface area (Å²) in [6.45, 7) is 7.72. The van der Waals surface area contributed by atoms with E-state index in [2.05, 4.69) is 26.0 Å². The first-order valence-corrected chi connectivity index (χ1v) is 9.91. The highest BCUT2D eigenvalue weighted by molar-refractivity contribution is 5.88. The van der Waals surface area contributed by atoms with Crippen LogP contribution in [0.1, 0.15) is 65.2 Å². The summed E-state index contributed by atoms with van der Waals surface area (Å²) in [5.74, 6) is 0.114. The second-order valence-corrected chi connectivity index (χ2v) is 7.22. The van der Waals surface area contributed by atoms with Gasteiger partial charge in [-0.15, -0.1) is 0 Å². The van der Waals surface area contributed by atoms with E-state index in [0.717, 1.165) is 77.5 Å². The normalized spacial score (nSPS) is 23.5. The van der Waals surface area contributed by atoms with E-state index in [9.17, 15) is 9.59 Å². The van der Waals surface area contributed by atoms with Gasteiger partial charge in [0.25, 0.3) is 0 Å². The predicted molar refractivity (Wildman–Crippen MR) is 97.6 cm³/mol. The number of carbonyl (C=O) groups excluding carboxylic acids is 2. The molecule has 24 heavy (non-hydrogen) atoms. The summed E-state index contributed by atoms with van der Waals surface area (Å²) >= 11 is 0. The second-order valence-electron chi connectivity index (χ2n) is 7.22. The number of hydrogen-bond acceptors (Lipinski definition) is 2. The standard InChI is InChI=1S/C20H34N2O2/c1-3-5-13-21(14-6-4-2)19(23)17-11-7-8-12-18(17)20(24)22-15-9-10-16-22/h7-8,17-18H,3-6,9-16H2,1-2H3. The second kappa shape index (κ2) is 9.85. The maximum atomic E-state index is 13.2. The van der Waals surface area contributed by atoms with Gasteiger partial charge in [-0.05, 0) is 38.5 Å². The van der Waals surface area contributed by atoms with Crippen LogP contribution in [-0.2, 0) is 9.59 Å².